The Bertz CT molecular complexity index is 480. The lowest BCUT2D eigenvalue weighted by atomic mass is 10.2. The van der Waals surface area contributed by atoms with E-state index in [-0.39, 0.29) is 11.0 Å². The summed E-state index contributed by atoms with van der Waals surface area (Å²) in [5.41, 5.74) is 0. The average Bonchev–Trinajstić information content (AvgIpc) is 2.78. The van der Waals surface area contributed by atoms with Crippen molar-refractivity contribution >= 4 is 19.7 Å². The van der Waals surface area contributed by atoms with E-state index in [2.05, 4.69) is 0 Å². The molecule has 0 aromatic heterocycles. The molecule has 2 rings (SSSR count). The van der Waals surface area contributed by atoms with Gasteiger partial charge in [-0.2, -0.15) is 0 Å². The third kappa shape index (κ3) is 3.59. The lowest BCUT2D eigenvalue weighted by Crippen LogP contribution is -2.16. The monoisotopic (exact) mass is 276 g/mol. The highest BCUT2D eigenvalue weighted by atomic mass is 35.7. The van der Waals surface area contributed by atoms with Crippen LogP contribution in [0.1, 0.15) is 12.8 Å². The zero-order valence-corrected chi connectivity index (χ0v) is 10.7. The van der Waals surface area contributed by atoms with Crippen LogP contribution in [0.25, 0.3) is 0 Å². The van der Waals surface area contributed by atoms with Crippen molar-refractivity contribution in [3.8, 4) is 5.75 Å². The molecule has 1 heterocycles. The second-order valence-electron chi connectivity index (χ2n) is 3.86. The summed E-state index contributed by atoms with van der Waals surface area (Å²) in [6.07, 6.45) is 2.13. The van der Waals surface area contributed by atoms with E-state index in [1.165, 1.54) is 12.1 Å². The minimum absolute atomic E-state index is 0.0454. The zero-order valence-electron chi connectivity index (χ0n) is 9.13. The van der Waals surface area contributed by atoms with Gasteiger partial charge in [0, 0.05) is 23.4 Å². The molecule has 0 amide bonds. The quantitative estimate of drug-likeness (QED) is 0.791. The number of benzene rings is 1. The first-order valence-corrected chi connectivity index (χ1v) is 7.66. The van der Waals surface area contributed by atoms with E-state index in [0.717, 1.165) is 19.4 Å². The maximum absolute atomic E-state index is 11.1. The molecule has 17 heavy (non-hydrogen) atoms. The molecule has 0 saturated carbocycles. The smallest absolute Gasteiger partial charge is 0.261 e. The molecule has 1 aromatic carbocycles. The van der Waals surface area contributed by atoms with E-state index in [9.17, 15) is 8.42 Å². The standard InChI is InChI=1S/C11H13ClO4S/c12-17(13,14)11-5-1-3-9(7-11)16-8-10-4-2-6-15-10/h1,3,5,7,10H,2,4,6,8H2. The van der Waals surface area contributed by atoms with Gasteiger partial charge in [0.15, 0.2) is 0 Å². The van der Waals surface area contributed by atoms with Crippen LogP contribution in [0.15, 0.2) is 29.2 Å². The molecule has 1 fully saturated rings. The highest BCUT2D eigenvalue weighted by Crippen LogP contribution is 2.21. The first-order valence-electron chi connectivity index (χ1n) is 5.35. The first-order chi connectivity index (χ1) is 8.05. The Morgan fingerprint density at radius 1 is 1.47 bits per heavy atom. The zero-order chi connectivity index (χ0) is 12.3. The molecule has 1 unspecified atom stereocenters. The van der Waals surface area contributed by atoms with Crippen molar-refractivity contribution in [2.24, 2.45) is 0 Å². The molecule has 0 aliphatic carbocycles. The van der Waals surface area contributed by atoms with Crippen molar-refractivity contribution in [2.45, 2.75) is 23.8 Å². The number of ether oxygens (including phenoxy) is 2. The van der Waals surface area contributed by atoms with Crippen LogP contribution in [0.5, 0.6) is 5.75 Å². The van der Waals surface area contributed by atoms with E-state index in [1.54, 1.807) is 12.1 Å². The van der Waals surface area contributed by atoms with Gasteiger partial charge in [-0.15, -0.1) is 0 Å². The van der Waals surface area contributed by atoms with Crippen molar-refractivity contribution in [3.63, 3.8) is 0 Å². The largest absolute Gasteiger partial charge is 0.491 e. The van der Waals surface area contributed by atoms with Crippen molar-refractivity contribution in [2.75, 3.05) is 13.2 Å². The lowest BCUT2D eigenvalue weighted by molar-refractivity contribution is 0.0679. The van der Waals surface area contributed by atoms with Gasteiger partial charge in [0.2, 0.25) is 0 Å². The molecule has 1 aliphatic rings. The number of hydrogen-bond donors (Lipinski definition) is 0. The van der Waals surface area contributed by atoms with E-state index < -0.39 is 9.05 Å². The summed E-state index contributed by atoms with van der Waals surface area (Å²) >= 11 is 0. The van der Waals surface area contributed by atoms with Crippen LogP contribution < -0.4 is 4.74 Å². The molecular formula is C11H13ClO4S. The molecule has 0 spiro atoms. The van der Waals surface area contributed by atoms with Crippen molar-refractivity contribution in [1.82, 2.24) is 0 Å². The van der Waals surface area contributed by atoms with Crippen LogP contribution in [0, 0.1) is 0 Å². The summed E-state index contributed by atoms with van der Waals surface area (Å²) in [4.78, 5) is 0.0454. The molecule has 6 heteroatoms. The molecular weight excluding hydrogens is 264 g/mol. The fourth-order valence-electron chi connectivity index (χ4n) is 1.68. The Morgan fingerprint density at radius 2 is 2.29 bits per heavy atom. The summed E-state index contributed by atoms with van der Waals surface area (Å²) in [5.74, 6) is 0.488. The molecule has 0 N–H and O–H groups in total. The fraction of sp³-hybridized carbons (Fsp3) is 0.455. The molecule has 0 radical (unpaired) electrons. The van der Waals surface area contributed by atoms with Crippen molar-refractivity contribution in [1.29, 1.82) is 0 Å². The summed E-state index contributed by atoms with van der Waals surface area (Å²) in [5, 5.41) is 0. The number of halogens is 1. The van der Waals surface area contributed by atoms with Gasteiger partial charge in [0.25, 0.3) is 9.05 Å². The average molecular weight is 277 g/mol. The molecule has 94 valence electrons. The third-order valence-corrected chi connectivity index (χ3v) is 3.90. The van der Waals surface area contributed by atoms with E-state index in [1.807, 2.05) is 0 Å². The van der Waals surface area contributed by atoms with Gasteiger partial charge in [0.1, 0.15) is 12.4 Å². The third-order valence-electron chi connectivity index (χ3n) is 2.55. The maximum atomic E-state index is 11.1. The number of hydrogen-bond acceptors (Lipinski definition) is 4. The molecule has 1 aromatic rings. The van der Waals surface area contributed by atoms with Crippen LogP contribution in [0.4, 0.5) is 0 Å². The summed E-state index contributed by atoms with van der Waals surface area (Å²) in [7, 11) is 1.55. The van der Waals surface area contributed by atoms with Gasteiger partial charge < -0.3 is 9.47 Å². The van der Waals surface area contributed by atoms with Crippen LogP contribution in [0.3, 0.4) is 0 Å². The van der Waals surface area contributed by atoms with Crippen molar-refractivity contribution in [3.05, 3.63) is 24.3 Å². The Kier molecular flexibility index (Phi) is 3.91. The minimum Gasteiger partial charge on any atom is -0.491 e. The van der Waals surface area contributed by atoms with Gasteiger partial charge in [-0.25, -0.2) is 8.42 Å². The Balaban J connectivity index is 2.01. The lowest BCUT2D eigenvalue weighted by Gasteiger charge is -2.11. The second kappa shape index (κ2) is 5.25. The van der Waals surface area contributed by atoms with Crippen LogP contribution in [-0.4, -0.2) is 27.7 Å². The normalized spacial score (nSPS) is 20.4. The number of rotatable bonds is 4. The van der Waals surface area contributed by atoms with Gasteiger partial charge in [0.05, 0.1) is 11.0 Å². The Hall–Kier alpha value is -0.780. The van der Waals surface area contributed by atoms with Crippen molar-refractivity contribution < 1.29 is 17.9 Å². The predicted molar refractivity (Wildman–Crippen MR) is 63.9 cm³/mol. The highest BCUT2D eigenvalue weighted by molar-refractivity contribution is 8.13. The van der Waals surface area contributed by atoms with Gasteiger partial charge in [-0.1, -0.05) is 6.07 Å². The summed E-state index contributed by atoms with van der Waals surface area (Å²) in [6.45, 7) is 1.20. The van der Waals surface area contributed by atoms with E-state index in [4.69, 9.17) is 20.2 Å². The second-order valence-corrected chi connectivity index (χ2v) is 6.42. The molecule has 1 aliphatic heterocycles. The van der Waals surface area contributed by atoms with E-state index >= 15 is 0 Å². The predicted octanol–water partition coefficient (Wildman–Crippen LogP) is 2.17. The van der Waals surface area contributed by atoms with Crippen LogP contribution >= 0.6 is 10.7 Å². The SMILES string of the molecule is O=S(=O)(Cl)c1cccc(OCC2CCCO2)c1. The molecule has 1 saturated heterocycles. The minimum atomic E-state index is -3.70. The topological polar surface area (TPSA) is 52.6 Å². The highest BCUT2D eigenvalue weighted by Gasteiger charge is 2.16. The summed E-state index contributed by atoms with van der Waals surface area (Å²) < 4.78 is 33.1. The van der Waals surface area contributed by atoms with Crippen LogP contribution in [0.2, 0.25) is 0 Å². The molecule has 0 bridgehead atoms. The molecule has 1 atom stereocenters. The Labute approximate surface area is 105 Å². The van der Waals surface area contributed by atoms with Crippen LogP contribution in [-0.2, 0) is 13.8 Å². The fourth-order valence-corrected chi connectivity index (χ4v) is 2.47. The maximum Gasteiger partial charge on any atom is 0.261 e. The van der Waals surface area contributed by atoms with Gasteiger partial charge in [-0.05, 0) is 25.0 Å². The van der Waals surface area contributed by atoms with Gasteiger partial charge in [-0.3, -0.25) is 0 Å². The van der Waals surface area contributed by atoms with E-state index in [0.29, 0.717) is 12.4 Å². The Morgan fingerprint density at radius 3 is 2.94 bits per heavy atom. The first kappa shape index (κ1) is 12.7. The summed E-state index contributed by atoms with van der Waals surface area (Å²) in [6, 6.07) is 6.14. The molecule has 4 nitrogen and oxygen atoms in total. The van der Waals surface area contributed by atoms with Gasteiger partial charge >= 0.3 is 0 Å².